The van der Waals surface area contributed by atoms with E-state index in [0.29, 0.717) is 12.1 Å². The van der Waals surface area contributed by atoms with Crippen molar-refractivity contribution in [3.05, 3.63) is 41.5 Å². The highest BCUT2D eigenvalue weighted by Gasteiger charge is 2.34. The van der Waals surface area contributed by atoms with Gasteiger partial charge in [-0.3, -0.25) is 4.90 Å². The van der Waals surface area contributed by atoms with Crippen LogP contribution in [0.1, 0.15) is 36.9 Å². The Kier molecular flexibility index (Phi) is 7.55. The Balaban J connectivity index is 1.97. The minimum atomic E-state index is -4.51. The Labute approximate surface area is 179 Å². The first kappa shape index (κ1) is 23.1. The van der Waals surface area contributed by atoms with Crippen LogP contribution in [0.3, 0.4) is 0 Å². The molecule has 170 valence electrons. The van der Waals surface area contributed by atoms with Gasteiger partial charge in [-0.2, -0.15) is 23.1 Å². The standard InChI is InChI=1S/C21H27F3N4O3/c1-3-30-20-26-18(29-2)15(19(27-20)31-13-21(22,23)24)12-28-11-7-10-16(25)17(28)14-8-5-4-6-9-14/h4-6,8-9,16-17H,3,7,10-13,25H2,1-2H3/t16-,17+/m0/s1. The molecule has 0 spiro atoms. The summed E-state index contributed by atoms with van der Waals surface area (Å²) >= 11 is 0. The fourth-order valence-corrected chi connectivity index (χ4v) is 3.78. The van der Waals surface area contributed by atoms with Gasteiger partial charge in [0.2, 0.25) is 11.8 Å². The predicted octanol–water partition coefficient (Wildman–Crippen LogP) is 3.49. The lowest BCUT2D eigenvalue weighted by Crippen LogP contribution is -2.45. The fourth-order valence-electron chi connectivity index (χ4n) is 3.78. The fraction of sp³-hybridized carbons (Fsp3) is 0.524. The second-order valence-corrected chi connectivity index (χ2v) is 7.27. The molecule has 1 aromatic carbocycles. The lowest BCUT2D eigenvalue weighted by Gasteiger charge is -2.40. The molecule has 0 unspecified atom stereocenters. The number of rotatable bonds is 8. The number of nitrogens with two attached hydrogens (primary N) is 1. The zero-order chi connectivity index (χ0) is 22.4. The monoisotopic (exact) mass is 440 g/mol. The molecule has 2 aromatic rings. The van der Waals surface area contributed by atoms with Gasteiger partial charge in [0.1, 0.15) is 0 Å². The molecule has 0 bridgehead atoms. The number of aromatic nitrogens is 2. The maximum Gasteiger partial charge on any atom is 0.422 e. The maximum absolute atomic E-state index is 12.8. The molecule has 1 aliphatic heterocycles. The van der Waals surface area contributed by atoms with Gasteiger partial charge in [0, 0.05) is 12.6 Å². The summed E-state index contributed by atoms with van der Waals surface area (Å²) in [5.41, 5.74) is 7.80. The van der Waals surface area contributed by atoms with Gasteiger partial charge < -0.3 is 19.9 Å². The van der Waals surface area contributed by atoms with Gasteiger partial charge >= 0.3 is 12.2 Å². The molecule has 2 heterocycles. The van der Waals surface area contributed by atoms with Crippen molar-refractivity contribution in [1.29, 1.82) is 0 Å². The first-order valence-electron chi connectivity index (χ1n) is 10.1. The van der Waals surface area contributed by atoms with E-state index in [2.05, 4.69) is 14.9 Å². The molecule has 1 saturated heterocycles. The van der Waals surface area contributed by atoms with Crippen molar-refractivity contribution in [2.24, 2.45) is 5.73 Å². The van der Waals surface area contributed by atoms with Gasteiger partial charge in [-0.25, -0.2) is 0 Å². The molecule has 2 atom stereocenters. The van der Waals surface area contributed by atoms with E-state index >= 15 is 0 Å². The summed E-state index contributed by atoms with van der Waals surface area (Å²) in [4.78, 5) is 10.4. The molecule has 0 radical (unpaired) electrons. The Hall–Kier alpha value is -2.59. The van der Waals surface area contributed by atoms with Crippen LogP contribution >= 0.6 is 0 Å². The number of hydrogen-bond donors (Lipinski definition) is 1. The van der Waals surface area contributed by atoms with Crippen molar-refractivity contribution >= 4 is 0 Å². The molecule has 0 amide bonds. The zero-order valence-corrected chi connectivity index (χ0v) is 17.6. The average Bonchev–Trinajstić information content (AvgIpc) is 2.73. The lowest BCUT2D eigenvalue weighted by atomic mass is 9.90. The summed E-state index contributed by atoms with van der Waals surface area (Å²) in [6, 6.07) is 9.46. The third-order valence-corrected chi connectivity index (χ3v) is 5.03. The van der Waals surface area contributed by atoms with Crippen LogP contribution in [0.5, 0.6) is 17.8 Å². The SMILES string of the molecule is CCOc1nc(OC)c(CN2CCC[C@H](N)[C@H]2c2ccccc2)c(OCC(F)(F)F)n1. The second-order valence-electron chi connectivity index (χ2n) is 7.27. The number of nitrogens with zero attached hydrogens (tertiary/aromatic N) is 3. The summed E-state index contributed by atoms with van der Waals surface area (Å²) in [5.74, 6) is -0.0971. The van der Waals surface area contributed by atoms with E-state index in [4.69, 9.17) is 19.9 Å². The van der Waals surface area contributed by atoms with E-state index in [1.165, 1.54) is 7.11 Å². The normalized spacial score (nSPS) is 19.8. The molecule has 31 heavy (non-hydrogen) atoms. The molecular weight excluding hydrogens is 413 g/mol. The summed E-state index contributed by atoms with van der Waals surface area (Å²) in [5, 5.41) is 0. The third-order valence-electron chi connectivity index (χ3n) is 5.03. The van der Waals surface area contributed by atoms with Crippen molar-refractivity contribution in [2.45, 2.75) is 44.6 Å². The van der Waals surface area contributed by atoms with Crippen molar-refractivity contribution < 1.29 is 27.4 Å². The van der Waals surface area contributed by atoms with E-state index in [1.807, 2.05) is 30.3 Å². The van der Waals surface area contributed by atoms with Crippen LogP contribution in [0.25, 0.3) is 0 Å². The first-order valence-corrected chi connectivity index (χ1v) is 10.1. The van der Waals surface area contributed by atoms with Gasteiger partial charge in [0.25, 0.3) is 0 Å². The molecule has 3 rings (SSSR count). The van der Waals surface area contributed by atoms with Crippen molar-refractivity contribution in [3.8, 4) is 17.8 Å². The molecule has 1 aliphatic rings. The van der Waals surface area contributed by atoms with Gasteiger partial charge in [-0.1, -0.05) is 30.3 Å². The van der Waals surface area contributed by atoms with E-state index in [1.54, 1.807) is 6.92 Å². The average molecular weight is 440 g/mol. The van der Waals surface area contributed by atoms with Crippen LogP contribution < -0.4 is 19.9 Å². The number of halogens is 3. The number of benzene rings is 1. The number of hydrogen-bond acceptors (Lipinski definition) is 7. The third kappa shape index (κ3) is 5.98. The summed E-state index contributed by atoms with van der Waals surface area (Å²) < 4.78 is 54.2. The highest BCUT2D eigenvalue weighted by Crippen LogP contribution is 2.36. The van der Waals surface area contributed by atoms with Crippen molar-refractivity contribution in [1.82, 2.24) is 14.9 Å². The summed E-state index contributed by atoms with van der Waals surface area (Å²) in [6.45, 7) is 1.42. The van der Waals surface area contributed by atoms with Crippen LogP contribution in [-0.4, -0.2) is 54.0 Å². The maximum atomic E-state index is 12.8. The van der Waals surface area contributed by atoms with Crippen LogP contribution in [0, 0.1) is 0 Å². The van der Waals surface area contributed by atoms with Crippen molar-refractivity contribution in [3.63, 3.8) is 0 Å². The number of ether oxygens (including phenoxy) is 3. The molecular formula is C21H27F3N4O3. The van der Waals surface area contributed by atoms with E-state index in [0.717, 1.165) is 18.4 Å². The topological polar surface area (TPSA) is 82.7 Å². The molecule has 10 heteroatoms. The largest absolute Gasteiger partial charge is 0.481 e. The Bertz CT molecular complexity index is 852. The quantitative estimate of drug-likeness (QED) is 0.673. The number of alkyl halides is 3. The number of piperidine rings is 1. The molecule has 1 fully saturated rings. The minimum absolute atomic E-state index is 0.102. The first-order chi connectivity index (χ1) is 14.8. The van der Waals surface area contributed by atoms with E-state index in [9.17, 15) is 13.2 Å². The van der Waals surface area contributed by atoms with Crippen molar-refractivity contribution in [2.75, 3.05) is 26.9 Å². The predicted molar refractivity (Wildman–Crippen MR) is 108 cm³/mol. The summed E-state index contributed by atoms with van der Waals surface area (Å²) in [6.07, 6.45) is -2.80. The van der Waals surface area contributed by atoms with Crippen LogP contribution in [0.2, 0.25) is 0 Å². The molecule has 0 aliphatic carbocycles. The lowest BCUT2D eigenvalue weighted by molar-refractivity contribution is -0.154. The number of methoxy groups -OCH3 is 1. The van der Waals surface area contributed by atoms with Crippen LogP contribution in [-0.2, 0) is 6.54 Å². The smallest absolute Gasteiger partial charge is 0.422 e. The Morgan fingerprint density at radius 3 is 2.48 bits per heavy atom. The highest BCUT2D eigenvalue weighted by molar-refractivity contribution is 5.37. The van der Waals surface area contributed by atoms with E-state index in [-0.39, 0.29) is 43.0 Å². The van der Waals surface area contributed by atoms with Crippen LogP contribution in [0.15, 0.2) is 30.3 Å². The Morgan fingerprint density at radius 2 is 1.84 bits per heavy atom. The van der Waals surface area contributed by atoms with Gasteiger partial charge in [0.15, 0.2) is 6.61 Å². The zero-order valence-electron chi connectivity index (χ0n) is 17.6. The molecule has 1 aromatic heterocycles. The molecule has 7 nitrogen and oxygen atoms in total. The molecule has 0 saturated carbocycles. The second kappa shape index (κ2) is 10.1. The van der Waals surface area contributed by atoms with E-state index < -0.39 is 12.8 Å². The summed E-state index contributed by atoms with van der Waals surface area (Å²) in [7, 11) is 1.39. The minimum Gasteiger partial charge on any atom is -0.481 e. The number of likely N-dealkylation sites (tertiary alicyclic amines) is 1. The van der Waals surface area contributed by atoms with Gasteiger partial charge in [-0.15, -0.1) is 0 Å². The highest BCUT2D eigenvalue weighted by atomic mass is 19.4. The molecule has 2 N–H and O–H groups in total. The van der Waals surface area contributed by atoms with Gasteiger partial charge in [0.05, 0.1) is 25.3 Å². The van der Waals surface area contributed by atoms with Crippen LogP contribution in [0.4, 0.5) is 13.2 Å². The Morgan fingerprint density at radius 1 is 1.13 bits per heavy atom. The van der Waals surface area contributed by atoms with Gasteiger partial charge in [-0.05, 0) is 31.9 Å².